The van der Waals surface area contributed by atoms with Gasteiger partial charge in [-0.15, -0.1) is 0 Å². The van der Waals surface area contributed by atoms with Gasteiger partial charge < -0.3 is 5.32 Å². The molecule has 1 fully saturated rings. The number of benzene rings is 1. The Hall–Kier alpha value is -1.31. The molecule has 2 nitrogen and oxygen atoms in total. The highest BCUT2D eigenvalue weighted by Gasteiger charge is 2.21. The lowest BCUT2D eigenvalue weighted by atomic mass is 9.88. The molecule has 1 N–H and O–H groups in total. The Balaban J connectivity index is 1.91. The van der Waals surface area contributed by atoms with Crippen molar-refractivity contribution in [2.75, 3.05) is 5.32 Å². The lowest BCUT2D eigenvalue weighted by Crippen LogP contribution is -2.24. The van der Waals surface area contributed by atoms with Gasteiger partial charge in [0.1, 0.15) is 0 Å². The third-order valence-corrected chi connectivity index (χ3v) is 3.93. The van der Waals surface area contributed by atoms with Crippen molar-refractivity contribution in [2.24, 2.45) is 11.3 Å². The van der Waals surface area contributed by atoms with Crippen molar-refractivity contribution in [3.8, 4) is 0 Å². The van der Waals surface area contributed by atoms with Crippen LogP contribution in [0.4, 0.5) is 5.69 Å². The van der Waals surface area contributed by atoms with E-state index in [0.717, 1.165) is 24.9 Å². The lowest BCUT2D eigenvalue weighted by molar-refractivity contribution is -0.120. The van der Waals surface area contributed by atoms with Crippen molar-refractivity contribution in [3.63, 3.8) is 0 Å². The van der Waals surface area contributed by atoms with Crippen molar-refractivity contribution in [1.29, 1.82) is 0 Å². The molecule has 1 aliphatic carbocycles. The van der Waals surface area contributed by atoms with Gasteiger partial charge in [-0.3, -0.25) is 4.79 Å². The molecule has 0 radical (unpaired) electrons. The summed E-state index contributed by atoms with van der Waals surface area (Å²) in [6, 6.07) is 8.31. The highest BCUT2D eigenvalue weighted by Crippen LogP contribution is 2.25. The van der Waals surface area contributed by atoms with Gasteiger partial charge >= 0.3 is 0 Å². The van der Waals surface area contributed by atoms with Gasteiger partial charge in [-0.1, -0.05) is 52.2 Å². The van der Waals surface area contributed by atoms with E-state index in [-0.39, 0.29) is 11.8 Å². The van der Waals surface area contributed by atoms with E-state index in [1.165, 1.54) is 24.8 Å². The Morgan fingerprint density at radius 3 is 2.25 bits per heavy atom. The van der Waals surface area contributed by atoms with E-state index in [9.17, 15) is 4.79 Å². The summed E-state index contributed by atoms with van der Waals surface area (Å²) in [5, 5.41) is 3.06. The number of rotatable bonds is 3. The van der Waals surface area contributed by atoms with Crippen LogP contribution >= 0.6 is 0 Å². The standard InChI is InChI=1S/C18H27NO/c1-18(2,3)13-14-9-11-16(12-10-14)19-17(20)15-7-5-4-6-8-15/h9-12,15H,4-8,13H2,1-3H3,(H,19,20). The topological polar surface area (TPSA) is 29.1 Å². The van der Waals surface area contributed by atoms with Crippen LogP contribution in [0.3, 0.4) is 0 Å². The fraction of sp³-hybridized carbons (Fsp3) is 0.611. The largest absolute Gasteiger partial charge is 0.326 e. The van der Waals surface area contributed by atoms with Crippen LogP contribution in [0.25, 0.3) is 0 Å². The molecular weight excluding hydrogens is 246 g/mol. The average molecular weight is 273 g/mol. The second kappa shape index (κ2) is 6.43. The Morgan fingerprint density at radius 1 is 1.10 bits per heavy atom. The number of hydrogen-bond donors (Lipinski definition) is 1. The molecule has 0 unspecified atom stereocenters. The molecule has 2 rings (SSSR count). The molecule has 0 aromatic heterocycles. The highest BCUT2D eigenvalue weighted by atomic mass is 16.1. The molecule has 2 heteroatoms. The predicted octanol–water partition coefficient (Wildman–Crippen LogP) is 4.79. The van der Waals surface area contributed by atoms with Gasteiger partial charge in [-0.2, -0.15) is 0 Å². The van der Waals surface area contributed by atoms with Crippen molar-refractivity contribution in [3.05, 3.63) is 29.8 Å². The smallest absolute Gasteiger partial charge is 0.227 e. The summed E-state index contributed by atoms with van der Waals surface area (Å²) in [5.41, 5.74) is 2.55. The van der Waals surface area contributed by atoms with Gasteiger partial charge in [0.05, 0.1) is 0 Å². The Morgan fingerprint density at radius 2 is 1.70 bits per heavy atom. The molecule has 1 aliphatic rings. The summed E-state index contributed by atoms with van der Waals surface area (Å²) < 4.78 is 0. The van der Waals surface area contributed by atoms with Gasteiger partial charge in [0.15, 0.2) is 0 Å². The van der Waals surface area contributed by atoms with E-state index < -0.39 is 0 Å². The molecule has 20 heavy (non-hydrogen) atoms. The molecule has 1 aromatic carbocycles. The van der Waals surface area contributed by atoms with Gasteiger partial charge in [0, 0.05) is 11.6 Å². The van der Waals surface area contributed by atoms with E-state index in [1.807, 2.05) is 12.1 Å². The fourth-order valence-corrected chi connectivity index (χ4v) is 2.93. The minimum atomic E-state index is 0.202. The van der Waals surface area contributed by atoms with Crippen LogP contribution in [-0.4, -0.2) is 5.91 Å². The number of carbonyl (C=O) groups excluding carboxylic acids is 1. The van der Waals surface area contributed by atoms with Crippen molar-refractivity contribution in [2.45, 2.75) is 59.3 Å². The summed E-state index contributed by atoms with van der Waals surface area (Å²) in [7, 11) is 0. The highest BCUT2D eigenvalue weighted by molar-refractivity contribution is 5.92. The van der Waals surface area contributed by atoms with E-state index in [4.69, 9.17) is 0 Å². The predicted molar refractivity (Wildman–Crippen MR) is 84.8 cm³/mol. The third kappa shape index (κ3) is 4.66. The fourth-order valence-electron chi connectivity index (χ4n) is 2.93. The molecule has 1 amide bonds. The average Bonchev–Trinajstić information content (AvgIpc) is 2.40. The Bertz CT molecular complexity index is 435. The zero-order valence-electron chi connectivity index (χ0n) is 13.0. The first-order valence-corrected chi connectivity index (χ1v) is 7.84. The maximum atomic E-state index is 12.2. The van der Waals surface area contributed by atoms with Crippen LogP contribution in [0.15, 0.2) is 24.3 Å². The Labute approximate surface area is 123 Å². The molecule has 1 saturated carbocycles. The van der Waals surface area contributed by atoms with Crippen molar-refractivity contribution >= 4 is 11.6 Å². The number of amides is 1. The number of nitrogens with one attached hydrogen (secondary N) is 1. The summed E-state index contributed by atoms with van der Waals surface area (Å²) in [6.45, 7) is 6.73. The molecule has 0 saturated heterocycles. The van der Waals surface area contributed by atoms with Crippen LogP contribution in [0, 0.1) is 11.3 Å². The molecule has 0 atom stereocenters. The van der Waals surface area contributed by atoms with Crippen LogP contribution in [0.2, 0.25) is 0 Å². The van der Waals surface area contributed by atoms with E-state index >= 15 is 0 Å². The Kier molecular flexibility index (Phi) is 4.85. The van der Waals surface area contributed by atoms with E-state index in [1.54, 1.807) is 0 Å². The number of hydrogen-bond acceptors (Lipinski definition) is 1. The minimum Gasteiger partial charge on any atom is -0.326 e. The maximum absolute atomic E-state index is 12.2. The zero-order valence-corrected chi connectivity index (χ0v) is 13.0. The first kappa shape index (κ1) is 15.1. The van der Waals surface area contributed by atoms with Gasteiger partial charge in [0.2, 0.25) is 5.91 Å². The second-order valence-electron chi connectivity index (χ2n) is 7.26. The number of carbonyl (C=O) groups is 1. The van der Waals surface area contributed by atoms with Crippen LogP contribution < -0.4 is 5.32 Å². The van der Waals surface area contributed by atoms with Crippen LogP contribution in [0.5, 0.6) is 0 Å². The first-order chi connectivity index (χ1) is 9.44. The van der Waals surface area contributed by atoms with Crippen LogP contribution in [0.1, 0.15) is 58.4 Å². The molecule has 0 aliphatic heterocycles. The monoisotopic (exact) mass is 273 g/mol. The molecule has 0 heterocycles. The first-order valence-electron chi connectivity index (χ1n) is 7.84. The maximum Gasteiger partial charge on any atom is 0.227 e. The molecule has 0 bridgehead atoms. The summed E-state index contributed by atoms with van der Waals surface area (Å²) in [6.07, 6.45) is 6.84. The molecule has 1 aromatic rings. The molecule has 0 spiro atoms. The zero-order chi connectivity index (χ0) is 14.6. The van der Waals surface area contributed by atoms with Gasteiger partial charge in [-0.25, -0.2) is 0 Å². The summed E-state index contributed by atoms with van der Waals surface area (Å²) >= 11 is 0. The number of anilines is 1. The second-order valence-corrected chi connectivity index (χ2v) is 7.26. The quantitative estimate of drug-likeness (QED) is 0.842. The van der Waals surface area contributed by atoms with Crippen molar-refractivity contribution in [1.82, 2.24) is 0 Å². The molecular formula is C18H27NO. The molecule has 110 valence electrons. The van der Waals surface area contributed by atoms with Gasteiger partial charge in [0.25, 0.3) is 0 Å². The lowest BCUT2D eigenvalue weighted by Gasteiger charge is -2.21. The normalized spacial score (nSPS) is 16.9. The van der Waals surface area contributed by atoms with Crippen molar-refractivity contribution < 1.29 is 4.79 Å². The summed E-state index contributed by atoms with van der Waals surface area (Å²) in [5.74, 6) is 0.422. The van der Waals surface area contributed by atoms with E-state index in [0.29, 0.717) is 5.41 Å². The summed E-state index contributed by atoms with van der Waals surface area (Å²) in [4.78, 5) is 12.2. The minimum absolute atomic E-state index is 0.202. The third-order valence-electron chi connectivity index (χ3n) is 3.93. The SMILES string of the molecule is CC(C)(C)Cc1ccc(NC(=O)C2CCCCC2)cc1. The van der Waals surface area contributed by atoms with Crippen LogP contribution in [-0.2, 0) is 11.2 Å². The van der Waals surface area contributed by atoms with E-state index in [2.05, 4.69) is 38.2 Å². The van der Waals surface area contributed by atoms with Gasteiger partial charge in [-0.05, 0) is 42.4 Å².